The molecule has 0 radical (unpaired) electrons. The molecule has 1 aromatic heterocycles. The molecule has 0 spiro atoms. The first-order valence-electron chi connectivity index (χ1n) is 3.27. The molecular formula is C6H9ClN2OS. The van der Waals surface area contributed by atoms with Crippen molar-refractivity contribution in [1.29, 1.82) is 0 Å². The molecule has 62 valence electrons. The molecule has 1 heterocycles. The Kier molecular flexibility index (Phi) is 3.62. The van der Waals surface area contributed by atoms with E-state index in [1.165, 1.54) is 11.3 Å². The Balaban J connectivity index is 2.27. The van der Waals surface area contributed by atoms with Crippen molar-refractivity contribution in [3.05, 3.63) is 10.7 Å². The number of halogens is 1. The predicted molar refractivity (Wildman–Crippen MR) is 46.3 cm³/mol. The van der Waals surface area contributed by atoms with E-state index >= 15 is 0 Å². The smallest absolute Gasteiger partial charge is 0.195 e. The largest absolute Gasteiger partial charge is 0.483 e. The van der Waals surface area contributed by atoms with Crippen LogP contribution in [-0.2, 0) is 0 Å². The minimum Gasteiger partial charge on any atom is -0.483 e. The fraction of sp³-hybridized carbons (Fsp3) is 0.500. The van der Waals surface area contributed by atoms with Gasteiger partial charge in [-0.05, 0) is 13.0 Å². The van der Waals surface area contributed by atoms with Crippen LogP contribution in [0.3, 0.4) is 0 Å². The van der Waals surface area contributed by atoms with E-state index in [-0.39, 0.29) is 0 Å². The van der Waals surface area contributed by atoms with Gasteiger partial charge in [-0.3, -0.25) is 0 Å². The molecule has 2 N–H and O–H groups in total. The van der Waals surface area contributed by atoms with E-state index in [2.05, 4.69) is 4.98 Å². The van der Waals surface area contributed by atoms with Gasteiger partial charge in [-0.2, -0.15) is 0 Å². The molecule has 0 aromatic carbocycles. The van der Waals surface area contributed by atoms with Crippen LogP contribution < -0.4 is 10.5 Å². The Morgan fingerprint density at radius 2 is 2.55 bits per heavy atom. The van der Waals surface area contributed by atoms with Gasteiger partial charge in [0.15, 0.2) is 9.53 Å². The fourth-order valence-electron chi connectivity index (χ4n) is 0.562. The number of hydrogen-bond acceptors (Lipinski definition) is 4. The maximum absolute atomic E-state index is 5.58. The van der Waals surface area contributed by atoms with Crippen molar-refractivity contribution in [3.63, 3.8) is 0 Å². The van der Waals surface area contributed by atoms with Crippen molar-refractivity contribution in [1.82, 2.24) is 4.98 Å². The van der Waals surface area contributed by atoms with Crippen molar-refractivity contribution >= 4 is 22.9 Å². The highest BCUT2D eigenvalue weighted by Crippen LogP contribution is 2.24. The standard InChI is InChI=1S/C6H9ClN2OS/c7-6-9-4-5(11-6)10-3-1-2-8/h4H,1-3,8H2. The van der Waals surface area contributed by atoms with E-state index in [1.54, 1.807) is 6.20 Å². The Labute approximate surface area is 74.1 Å². The Morgan fingerprint density at radius 1 is 1.73 bits per heavy atom. The molecule has 5 heteroatoms. The summed E-state index contributed by atoms with van der Waals surface area (Å²) >= 11 is 6.91. The molecule has 0 fully saturated rings. The van der Waals surface area contributed by atoms with Crippen molar-refractivity contribution in [3.8, 4) is 5.06 Å². The summed E-state index contributed by atoms with van der Waals surface area (Å²) < 4.78 is 5.77. The third-order valence-electron chi connectivity index (χ3n) is 1.05. The van der Waals surface area contributed by atoms with Gasteiger partial charge in [0.05, 0.1) is 12.8 Å². The van der Waals surface area contributed by atoms with Crippen LogP contribution in [0.5, 0.6) is 5.06 Å². The molecular weight excluding hydrogens is 184 g/mol. The van der Waals surface area contributed by atoms with Crippen molar-refractivity contribution in [2.75, 3.05) is 13.2 Å². The monoisotopic (exact) mass is 192 g/mol. The molecule has 0 bridgehead atoms. The molecule has 1 aromatic rings. The van der Waals surface area contributed by atoms with Gasteiger partial charge in [0.1, 0.15) is 0 Å². The first-order chi connectivity index (χ1) is 5.33. The summed E-state index contributed by atoms with van der Waals surface area (Å²) in [4.78, 5) is 3.82. The molecule has 0 unspecified atom stereocenters. The highest BCUT2D eigenvalue weighted by atomic mass is 35.5. The molecule has 1 rings (SSSR count). The fourth-order valence-corrected chi connectivity index (χ4v) is 1.36. The number of thiazole rings is 1. The van der Waals surface area contributed by atoms with Crippen LogP contribution in [0, 0.1) is 0 Å². The van der Waals surface area contributed by atoms with Gasteiger partial charge in [0, 0.05) is 0 Å². The second-order valence-corrected chi connectivity index (χ2v) is 3.50. The van der Waals surface area contributed by atoms with E-state index in [9.17, 15) is 0 Å². The SMILES string of the molecule is NCCCOc1cnc(Cl)s1. The number of hydrogen-bond donors (Lipinski definition) is 1. The third kappa shape index (κ3) is 3.05. The van der Waals surface area contributed by atoms with Crippen LogP contribution in [0.4, 0.5) is 0 Å². The molecule has 0 aliphatic carbocycles. The Morgan fingerprint density at radius 3 is 3.09 bits per heavy atom. The summed E-state index contributed by atoms with van der Waals surface area (Å²) in [6.45, 7) is 1.28. The lowest BCUT2D eigenvalue weighted by atomic mass is 10.5. The number of rotatable bonds is 4. The Hall–Kier alpha value is -0.320. The normalized spacial score (nSPS) is 10.0. The zero-order chi connectivity index (χ0) is 8.10. The van der Waals surface area contributed by atoms with E-state index in [1.807, 2.05) is 0 Å². The molecule has 3 nitrogen and oxygen atoms in total. The average Bonchev–Trinajstić information content (AvgIpc) is 2.37. The lowest BCUT2D eigenvalue weighted by Gasteiger charge is -1.98. The summed E-state index contributed by atoms with van der Waals surface area (Å²) in [6.07, 6.45) is 2.47. The van der Waals surface area contributed by atoms with Gasteiger partial charge < -0.3 is 10.5 Å². The zero-order valence-corrected chi connectivity index (χ0v) is 7.49. The van der Waals surface area contributed by atoms with Crippen molar-refractivity contribution in [2.45, 2.75) is 6.42 Å². The highest BCUT2D eigenvalue weighted by Gasteiger charge is 1.98. The minimum absolute atomic E-state index is 0.507. The van der Waals surface area contributed by atoms with Crippen LogP contribution in [0.25, 0.3) is 0 Å². The van der Waals surface area contributed by atoms with Gasteiger partial charge in [0.2, 0.25) is 0 Å². The lowest BCUT2D eigenvalue weighted by molar-refractivity contribution is 0.322. The van der Waals surface area contributed by atoms with Gasteiger partial charge >= 0.3 is 0 Å². The number of nitrogens with two attached hydrogens (primary N) is 1. The van der Waals surface area contributed by atoms with Crippen molar-refractivity contribution < 1.29 is 4.74 Å². The minimum atomic E-state index is 0.507. The van der Waals surface area contributed by atoms with E-state index < -0.39 is 0 Å². The van der Waals surface area contributed by atoms with E-state index in [0.717, 1.165) is 11.5 Å². The molecule has 0 saturated carbocycles. The number of nitrogens with zero attached hydrogens (tertiary/aromatic N) is 1. The highest BCUT2D eigenvalue weighted by molar-refractivity contribution is 7.17. The summed E-state index contributed by atoms with van der Waals surface area (Å²) in [5.74, 6) is 0. The van der Waals surface area contributed by atoms with Gasteiger partial charge in [0.25, 0.3) is 0 Å². The van der Waals surface area contributed by atoms with E-state index in [4.69, 9.17) is 22.1 Å². The summed E-state index contributed by atoms with van der Waals surface area (Å²) in [5, 5.41) is 0.753. The van der Waals surface area contributed by atoms with Crippen LogP contribution >= 0.6 is 22.9 Å². The summed E-state index contributed by atoms with van der Waals surface area (Å²) in [6, 6.07) is 0. The lowest BCUT2D eigenvalue weighted by Crippen LogP contribution is -2.05. The van der Waals surface area contributed by atoms with Crippen LogP contribution in [0.2, 0.25) is 4.47 Å². The van der Waals surface area contributed by atoms with E-state index in [0.29, 0.717) is 17.6 Å². The number of aromatic nitrogens is 1. The Bertz CT molecular complexity index is 216. The summed E-state index contributed by atoms with van der Waals surface area (Å²) in [7, 11) is 0. The van der Waals surface area contributed by atoms with Crippen LogP contribution in [0.15, 0.2) is 6.20 Å². The maximum atomic E-state index is 5.58. The quantitative estimate of drug-likeness (QED) is 0.736. The molecule has 0 aliphatic heterocycles. The van der Waals surface area contributed by atoms with Crippen LogP contribution in [0.1, 0.15) is 6.42 Å². The first-order valence-corrected chi connectivity index (χ1v) is 4.46. The molecule has 0 aliphatic rings. The molecule has 0 amide bonds. The van der Waals surface area contributed by atoms with Crippen molar-refractivity contribution in [2.24, 2.45) is 5.73 Å². The predicted octanol–water partition coefficient (Wildman–Crippen LogP) is 1.52. The second-order valence-electron chi connectivity index (χ2n) is 1.92. The third-order valence-corrected chi connectivity index (χ3v) is 2.08. The van der Waals surface area contributed by atoms with Gasteiger partial charge in [-0.15, -0.1) is 0 Å². The van der Waals surface area contributed by atoms with Gasteiger partial charge in [-0.25, -0.2) is 4.98 Å². The number of ether oxygens (including phenoxy) is 1. The molecule has 0 atom stereocenters. The van der Waals surface area contributed by atoms with Gasteiger partial charge in [-0.1, -0.05) is 22.9 Å². The van der Waals surface area contributed by atoms with Crippen LogP contribution in [-0.4, -0.2) is 18.1 Å². The second kappa shape index (κ2) is 4.54. The first kappa shape index (κ1) is 8.77. The molecule has 0 saturated heterocycles. The topological polar surface area (TPSA) is 48.1 Å². The maximum Gasteiger partial charge on any atom is 0.195 e. The molecule has 11 heavy (non-hydrogen) atoms. The average molecular weight is 193 g/mol. The zero-order valence-electron chi connectivity index (χ0n) is 5.92. The summed E-state index contributed by atoms with van der Waals surface area (Å²) in [5.41, 5.74) is 5.28.